The molecule has 36 heavy (non-hydrogen) atoms. The van der Waals surface area contributed by atoms with Gasteiger partial charge in [0, 0.05) is 18.0 Å². The van der Waals surface area contributed by atoms with Crippen molar-refractivity contribution in [2.75, 3.05) is 10.6 Å². The molecule has 3 aromatic rings. The molecule has 1 aromatic carbocycles. The molecule has 11 heteroatoms. The van der Waals surface area contributed by atoms with E-state index in [1.165, 1.54) is 18.2 Å². The predicted octanol–water partition coefficient (Wildman–Crippen LogP) is 4.03. The molecule has 9 nitrogen and oxygen atoms in total. The highest BCUT2D eigenvalue weighted by Crippen LogP contribution is 2.37. The van der Waals surface area contributed by atoms with E-state index in [9.17, 15) is 18.7 Å². The lowest BCUT2D eigenvalue weighted by Crippen LogP contribution is -2.35. The monoisotopic (exact) mass is 499 g/mol. The van der Waals surface area contributed by atoms with E-state index in [0.29, 0.717) is 49.2 Å². The van der Waals surface area contributed by atoms with Crippen LogP contribution in [0.5, 0.6) is 0 Å². The van der Waals surface area contributed by atoms with Crippen LogP contribution in [0.3, 0.4) is 0 Å². The number of carbonyl (C=O) groups excluding carboxylic acids is 1. The summed E-state index contributed by atoms with van der Waals surface area (Å²) in [6, 6.07) is 3.61. The number of halogens is 2. The fourth-order valence-corrected chi connectivity index (χ4v) is 5.35. The smallest absolute Gasteiger partial charge is 0.224 e. The Balaban J connectivity index is 1.49. The molecule has 0 bridgehead atoms. The number of para-hydroxylation sites is 1. The van der Waals surface area contributed by atoms with Gasteiger partial charge in [0.25, 0.3) is 0 Å². The van der Waals surface area contributed by atoms with Crippen molar-refractivity contribution in [2.24, 2.45) is 17.6 Å². The number of fused-ring (bicyclic) bond motifs is 1. The molecule has 2 heterocycles. The standard InChI is InChI=1S/C25H31F2N7O2/c1-13-5-8-15(11-20(13)35)30-24-29-12-19-23(33-24)34(16-9-6-14(7-10-16)22(28)36)25(31-19)32-21-17(26)3-2-4-18(21)27/h2-4,12-16,20,35H,5-11H2,1H3,(H2,28,36)(H,31,32)(H,29,30,33)/t13-,14?,15-,16?,20-/m1/s1. The van der Waals surface area contributed by atoms with E-state index >= 15 is 0 Å². The van der Waals surface area contributed by atoms with Gasteiger partial charge in [0.05, 0.1) is 12.3 Å². The molecular weight excluding hydrogens is 468 g/mol. The van der Waals surface area contributed by atoms with Crippen LogP contribution >= 0.6 is 0 Å². The third kappa shape index (κ3) is 4.84. The van der Waals surface area contributed by atoms with E-state index < -0.39 is 11.6 Å². The second kappa shape index (κ2) is 9.96. The number of nitrogens with two attached hydrogens (primary N) is 1. The molecule has 1 amide bonds. The number of aromatic nitrogens is 4. The maximum atomic E-state index is 14.4. The molecule has 2 aliphatic rings. The number of carbonyl (C=O) groups is 1. The highest BCUT2D eigenvalue weighted by molar-refractivity contribution is 5.78. The first-order valence-corrected chi connectivity index (χ1v) is 12.5. The van der Waals surface area contributed by atoms with E-state index in [0.717, 1.165) is 12.8 Å². The van der Waals surface area contributed by atoms with Gasteiger partial charge in [-0.25, -0.2) is 18.7 Å². The zero-order chi connectivity index (χ0) is 25.4. The summed E-state index contributed by atoms with van der Waals surface area (Å²) in [7, 11) is 0. The fourth-order valence-electron chi connectivity index (χ4n) is 5.35. The molecule has 2 aromatic heterocycles. The molecule has 192 valence electrons. The number of anilines is 3. The Morgan fingerprint density at radius 2 is 1.83 bits per heavy atom. The third-order valence-electron chi connectivity index (χ3n) is 7.58. The van der Waals surface area contributed by atoms with Crippen molar-refractivity contribution < 1.29 is 18.7 Å². The first kappa shape index (κ1) is 24.4. The second-order valence-corrected chi connectivity index (χ2v) is 10.0. The van der Waals surface area contributed by atoms with Gasteiger partial charge in [-0.2, -0.15) is 4.98 Å². The maximum Gasteiger partial charge on any atom is 0.224 e. The molecule has 0 spiro atoms. The van der Waals surface area contributed by atoms with E-state index in [1.807, 2.05) is 11.5 Å². The molecule has 0 saturated heterocycles. The highest BCUT2D eigenvalue weighted by Gasteiger charge is 2.30. The number of amides is 1. The normalized spacial score (nSPS) is 26.6. The molecule has 2 aliphatic carbocycles. The Bertz CT molecular complexity index is 1240. The summed E-state index contributed by atoms with van der Waals surface area (Å²) in [4.78, 5) is 25.4. The Hall–Kier alpha value is -3.34. The Morgan fingerprint density at radius 1 is 1.11 bits per heavy atom. The van der Waals surface area contributed by atoms with Crippen LogP contribution < -0.4 is 16.4 Å². The molecule has 5 N–H and O–H groups in total. The first-order chi connectivity index (χ1) is 17.3. The summed E-state index contributed by atoms with van der Waals surface area (Å²) in [5.41, 5.74) is 6.23. The summed E-state index contributed by atoms with van der Waals surface area (Å²) >= 11 is 0. The van der Waals surface area contributed by atoms with Crippen LogP contribution in [0, 0.1) is 23.5 Å². The van der Waals surface area contributed by atoms with Gasteiger partial charge in [-0.1, -0.05) is 13.0 Å². The molecule has 5 rings (SSSR count). The Morgan fingerprint density at radius 3 is 2.50 bits per heavy atom. The van der Waals surface area contributed by atoms with Crippen LogP contribution in [0.4, 0.5) is 26.4 Å². The summed E-state index contributed by atoms with van der Waals surface area (Å²) in [6.45, 7) is 2.04. The molecule has 0 radical (unpaired) electrons. The lowest BCUT2D eigenvalue weighted by Gasteiger charge is -2.31. The number of aliphatic hydroxyl groups excluding tert-OH is 1. The van der Waals surface area contributed by atoms with Gasteiger partial charge in [0.2, 0.25) is 17.8 Å². The second-order valence-electron chi connectivity index (χ2n) is 10.0. The van der Waals surface area contributed by atoms with Crippen molar-refractivity contribution in [3.05, 3.63) is 36.0 Å². The SMILES string of the molecule is C[C@@H]1CC[C@@H](Nc2ncc3nc(Nc4c(F)cccc4F)n(C4CCC(C(N)=O)CC4)c3n2)C[C@H]1O. The van der Waals surface area contributed by atoms with Crippen molar-refractivity contribution >= 4 is 34.7 Å². The quantitative estimate of drug-likeness (QED) is 0.403. The van der Waals surface area contributed by atoms with E-state index in [-0.39, 0.29) is 47.6 Å². The van der Waals surface area contributed by atoms with Crippen LogP contribution in [0.2, 0.25) is 0 Å². The molecule has 3 atom stereocenters. The minimum absolute atomic E-state index is 0.0427. The van der Waals surface area contributed by atoms with Gasteiger partial charge in [0.1, 0.15) is 22.8 Å². The van der Waals surface area contributed by atoms with Gasteiger partial charge in [0.15, 0.2) is 5.65 Å². The zero-order valence-corrected chi connectivity index (χ0v) is 20.1. The number of nitrogens with zero attached hydrogens (tertiary/aromatic N) is 4. The minimum atomic E-state index is -0.732. The van der Waals surface area contributed by atoms with Gasteiger partial charge < -0.3 is 21.5 Å². The van der Waals surface area contributed by atoms with Crippen LogP contribution in [0.25, 0.3) is 11.2 Å². The van der Waals surface area contributed by atoms with Crippen LogP contribution in [-0.4, -0.2) is 42.7 Å². The van der Waals surface area contributed by atoms with Gasteiger partial charge in [-0.15, -0.1) is 0 Å². The average Bonchev–Trinajstić information content (AvgIpc) is 3.21. The number of aliphatic hydroxyl groups is 1. The van der Waals surface area contributed by atoms with Crippen molar-refractivity contribution in [2.45, 2.75) is 70.1 Å². The maximum absolute atomic E-state index is 14.4. The average molecular weight is 500 g/mol. The number of nitrogens with one attached hydrogen (secondary N) is 2. The van der Waals surface area contributed by atoms with Crippen LogP contribution in [0.15, 0.2) is 24.4 Å². The van der Waals surface area contributed by atoms with Gasteiger partial charge in [-0.3, -0.25) is 9.36 Å². The molecule has 2 fully saturated rings. The Labute approximate surface area is 207 Å². The fraction of sp³-hybridized carbons (Fsp3) is 0.520. The Kier molecular flexibility index (Phi) is 6.74. The van der Waals surface area contributed by atoms with Crippen molar-refractivity contribution in [3.8, 4) is 0 Å². The molecule has 2 saturated carbocycles. The summed E-state index contributed by atoms with van der Waals surface area (Å²) in [6.07, 6.45) is 6.14. The summed E-state index contributed by atoms with van der Waals surface area (Å²) in [5.74, 6) is -1.04. The minimum Gasteiger partial charge on any atom is -0.393 e. The third-order valence-corrected chi connectivity index (χ3v) is 7.58. The van der Waals surface area contributed by atoms with E-state index in [4.69, 9.17) is 10.7 Å². The number of imidazole rings is 1. The predicted molar refractivity (Wildman–Crippen MR) is 132 cm³/mol. The number of rotatable bonds is 6. The van der Waals surface area contributed by atoms with Gasteiger partial charge in [-0.05, 0) is 63.0 Å². The molecule has 0 aliphatic heterocycles. The number of primary amides is 1. The highest BCUT2D eigenvalue weighted by atomic mass is 19.1. The number of benzene rings is 1. The van der Waals surface area contributed by atoms with Crippen molar-refractivity contribution in [3.63, 3.8) is 0 Å². The molecule has 0 unspecified atom stereocenters. The number of hydrogen-bond donors (Lipinski definition) is 4. The lowest BCUT2D eigenvalue weighted by molar-refractivity contribution is -0.122. The summed E-state index contributed by atoms with van der Waals surface area (Å²) < 4.78 is 30.7. The largest absolute Gasteiger partial charge is 0.393 e. The van der Waals surface area contributed by atoms with E-state index in [2.05, 4.69) is 20.6 Å². The zero-order valence-electron chi connectivity index (χ0n) is 20.1. The van der Waals surface area contributed by atoms with Gasteiger partial charge >= 0.3 is 0 Å². The van der Waals surface area contributed by atoms with Crippen molar-refractivity contribution in [1.82, 2.24) is 19.5 Å². The van der Waals surface area contributed by atoms with Crippen molar-refractivity contribution in [1.29, 1.82) is 0 Å². The number of hydrogen-bond acceptors (Lipinski definition) is 7. The topological polar surface area (TPSA) is 131 Å². The van der Waals surface area contributed by atoms with E-state index in [1.54, 1.807) is 6.20 Å². The summed E-state index contributed by atoms with van der Waals surface area (Å²) in [5, 5.41) is 16.4. The van der Waals surface area contributed by atoms with Crippen LogP contribution in [0.1, 0.15) is 57.9 Å². The lowest BCUT2D eigenvalue weighted by atomic mass is 9.85. The molecular formula is C25H31F2N7O2. The van der Waals surface area contributed by atoms with Crippen LogP contribution in [-0.2, 0) is 4.79 Å². The first-order valence-electron chi connectivity index (χ1n) is 12.5.